The largest absolute Gasteiger partial charge is 0.240 e. The number of thiazole rings is 1. The molecule has 2 aromatic rings. The zero-order valence-corrected chi connectivity index (χ0v) is 11.3. The Hall–Kier alpha value is -1.08. The first-order valence-corrected chi connectivity index (χ1v) is 6.58. The maximum Gasteiger partial charge on any atom is 0.128 e. The van der Waals surface area contributed by atoms with Crippen LogP contribution in [0.15, 0.2) is 18.2 Å². The summed E-state index contributed by atoms with van der Waals surface area (Å²) < 4.78 is 0. The normalized spacial score (nSPS) is 10.2. The van der Waals surface area contributed by atoms with Crippen LogP contribution in [0.5, 0.6) is 0 Å². The van der Waals surface area contributed by atoms with Gasteiger partial charge in [0, 0.05) is 5.56 Å². The minimum absolute atomic E-state index is 0.496. The Bertz CT molecular complexity index is 599. The molecule has 1 aromatic carbocycles. The van der Waals surface area contributed by atoms with Crippen LogP contribution < -0.4 is 0 Å². The van der Waals surface area contributed by atoms with Gasteiger partial charge in [0.05, 0.1) is 15.7 Å². The summed E-state index contributed by atoms with van der Waals surface area (Å²) in [5.41, 5.74) is 1.72. The summed E-state index contributed by atoms with van der Waals surface area (Å²) in [4.78, 5) is 5.10. The molecule has 0 bridgehead atoms. The summed E-state index contributed by atoms with van der Waals surface area (Å²) in [6.07, 6.45) is 0.751. The number of aryl methyl sites for hydroxylation is 1. The third-order valence-electron chi connectivity index (χ3n) is 2.30. The standard InChI is InChI=1S/C12H8Cl2N2S/c1-2-10-11(6-15)17-12(16-10)7-3-4-8(13)9(14)5-7/h3-5H,2H2,1H3. The molecule has 0 atom stereocenters. The summed E-state index contributed by atoms with van der Waals surface area (Å²) in [5.74, 6) is 0. The van der Waals surface area contributed by atoms with Gasteiger partial charge in [0.15, 0.2) is 0 Å². The van der Waals surface area contributed by atoms with E-state index in [1.54, 1.807) is 12.1 Å². The fourth-order valence-electron chi connectivity index (χ4n) is 1.43. The summed E-state index contributed by atoms with van der Waals surface area (Å²) in [7, 11) is 0. The third-order valence-corrected chi connectivity index (χ3v) is 4.09. The van der Waals surface area contributed by atoms with Gasteiger partial charge in [-0.25, -0.2) is 4.98 Å². The van der Waals surface area contributed by atoms with Crippen molar-refractivity contribution in [1.82, 2.24) is 4.98 Å². The van der Waals surface area contributed by atoms with Gasteiger partial charge < -0.3 is 0 Å². The van der Waals surface area contributed by atoms with Crippen LogP contribution in [0.3, 0.4) is 0 Å². The maximum atomic E-state index is 8.98. The topological polar surface area (TPSA) is 36.7 Å². The summed E-state index contributed by atoms with van der Waals surface area (Å²) in [6, 6.07) is 7.52. The van der Waals surface area contributed by atoms with Gasteiger partial charge in [-0.2, -0.15) is 5.26 Å². The minimum atomic E-state index is 0.496. The van der Waals surface area contributed by atoms with E-state index in [2.05, 4.69) is 11.1 Å². The van der Waals surface area contributed by atoms with Gasteiger partial charge in [-0.15, -0.1) is 11.3 Å². The molecule has 0 aliphatic rings. The molecular weight excluding hydrogens is 275 g/mol. The lowest BCUT2D eigenvalue weighted by molar-refractivity contribution is 1.06. The molecule has 0 aliphatic heterocycles. The molecule has 0 saturated heterocycles. The Balaban J connectivity index is 2.50. The summed E-state index contributed by atoms with van der Waals surface area (Å²) >= 11 is 13.2. The van der Waals surface area contributed by atoms with Crippen molar-refractivity contribution in [3.63, 3.8) is 0 Å². The number of rotatable bonds is 2. The van der Waals surface area contributed by atoms with Gasteiger partial charge in [-0.05, 0) is 18.6 Å². The molecule has 0 unspecified atom stereocenters. The van der Waals surface area contributed by atoms with Crippen molar-refractivity contribution in [2.75, 3.05) is 0 Å². The van der Waals surface area contributed by atoms with E-state index in [1.807, 2.05) is 13.0 Å². The fourth-order valence-corrected chi connectivity index (χ4v) is 2.68. The molecule has 0 aliphatic carbocycles. The quantitative estimate of drug-likeness (QED) is 0.810. The zero-order valence-electron chi connectivity index (χ0n) is 9.00. The highest BCUT2D eigenvalue weighted by Crippen LogP contribution is 2.32. The minimum Gasteiger partial charge on any atom is -0.240 e. The van der Waals surface area contributed by atoms with Crippen LogP contribution in [0.2, 0.25) is 10.0 Å². The monoisotopic (exact) mass is 282 g/mol. The van der Waals surface area contributed by atoms with E-state index < -0.39 is 0 Å². The first-order valence-electron chi connectivity index (χ1n) is 5.01. The highest BCUT2D eigenvalue weighted by Gasteiger charge is 2.11. The van der Waals surface area contributed by atoms with Crippen molar-refractivity contribution < 1.29 is 0 Å². The third kappa shape index (κ3) is 2.44. The second kappa shape index (κ2) is 5.05. The van der Waals surface area contributed by atoms with E-state index >= 15 is 0 Å². The molecule has 0 spiro atoms. The van der Waals surface area contributed by atoms with E-state index in [0.29, 0.717) is 14.9 Å². The first-order chi connectivity index (χ1) is 8.15. The molecule has 0 radical (unpaired) electrons. The van der Waals surface area contributed by atoms with E-state index in [9.17, 15) is 0 Å². The number of hydrogen-bond acceptors (Lipinski definition) is 3. The van der Waals surface area contributed by atoms with Crippen LogP contribution >= 0.6 is 34.5 Å². The van der Waals surface area contributed by atoms with Gasteiger partial charge in [0.25, 0.3) is 0 Å². The van der Waals surface area contributed by atoms with Crippen LogP contribution in [-0.2, 0) is 6.42 Å². The van der Waals surface area contributed by atoms with Crippen molar-refractivity contribution in [2.24, 2.45) is 0 Å². The lowest BCUT2D eigenvalue weighted by Crippen LogP contribution is -1.83. The number of aromatic nitrogens is 1. The molecule has 5 heteroatoms. The fraction of sp³-hybridized carbons (Fsp3) is 0.167. The molecule has 17 heavy (non-hydrogen) atoms. The molecule has 0 amide bonds. The van der Waals surface area contributed by atoms with Gasteiger partial charge in [0.1, 0.15) is 16.0 Å². The zero-order chi connectivity index (χ0) is 12.4. The SMILES string of the molecule is CCc1nc(-c2ccc(Cl)c(Cl)c2)sc1C#N. The maximum absolute atomic E-state index is 8.98. The average Bonchev–Trinajstić information content (AvgIpc) is 2.75. The predicted molar refractivity (Wildman–Crippen MR) is 71.7 cm³/mol. The molecule has 86 valence electrons. The van der Waals surface area contributed by atoms with Crippen molar-refractivity contribution in [3.05, 3.63) is 38.8 Å². The van der Waals surface area contributed by atoms with Crippen molar-refractivity contribution in [1.29, 1.82) is 5.26 Å². The Morgan fingerprint density at radius 2 is 2.12 bits per heavy atom. The van der Waals surface area contributed by atoms with Crippen molar-refractivity contribution in [3.8, 4) is 16.6 Å². The number of benzene rings is 1. The van der Waals surface area contributed by atoms with E-state index in [1.165, 1.54) is 11.3 Å². The van der Waals surface area contributed by atoms with Gasteiger partial charge in [0.2, 0.25) is 0 Å². The van der Waals surface area contributed by atoms with Crippen molar-refractivity contribution >= 4 is 34.5 Å². The molecule has 0 N–H and O–H groups in total. The Labute approximate surface area is 113 Å². The lowest BCUT2D eigenvalue weighted by Gasteiger charge is -1.98. The van der Waals surface area contributed by atoms with Gasteiger partial charge >= 0.3 is 0 Å². The molecule has 2 nitrogen and oxygen atoms in total. The predicted octanol–water partition coefficient (Wildman–Crippen LogP) is 4.55. The van der Waals surface area contributed by atoms with Gasteiger partial charge in [-0.3, -0.25) is 0 Å². The van der Waals surface area contributed by atoms with Crippen LogP contribution in [0, 0.1) is 11.3 Å². The Morgan fingerprint density at radius 3 is 2.65 bits per heavy atom. The Morgan fingerprint density at radius 1 is 1.35 bits per heavy atom. The lowest BCUT2D eigenvalue weighted by atomic mass is 10.2. The molecule has 0 fully saturated rings. The number of nitrogens with zero attached hydrogens (tertiary/aromatic N) is 2. The molecule has 1 aromatic heterocycles. The van der Waals surface area contributed by atoms with E-state index in [-0.39, 0.29) is 0 Å². The van der Waals surface area contributed by atoms with Crippen LogP contribution in [-0.4, -0.2) is 4.98 Å². The molecule has 2 rings (SSSR count). The van der Waals surface area contributed by atoms with Crippen LogP contribution in [0.1, 0.15) is 17.5 Å². The van der Waals surface area contributed by atoms with E-state index in [4.69, 9.17) is 28.5 Å². The number of halogens is 2. The highest BCUT2D eigenvalue weighted by molar-refractivity contribution is 7.15. The number of nitriles is 1. The first kappa shape index (κ1) is 12.4. The summed E-state index contributed by atoms with van der Waals surface area (Å²) in [5, 5.41) is 10.8. The second-order valence-corrected chi connectivity index (χ2v) is 5.20. The van der Waals surface area contributed by atoms with Crippen LogP contribution in [0.4, 0.5) is 0 Å². The smallest absolute Gasteiger partial charge is 0.128 e. The Kier molecular flexibility index (Phi) is 3.68. The van der Waals surface area contributed by atoms with Crippen LogP contribution in [0.25, 0.3) is 10.6 Å². The van der Waals surface area contributed by atoms with Gasteiger partial charge in [-0.1, -0.05) is 36.2 Å². The molecule has 0 saturated carbocycles. The molecule has 1 heterocycles. The molecular formula is C12H8Cl2N2S. The highest BCUT2D eigenvalue weighted by atomic mass is 35.5. The number of hydrogen-bond donors (Lipinski definition) is 0. The van der Waals surface area contributed by atoms with E-state index in [0.717, 1.165) is 22.7 Å². The average molecular weight is 283 g/mol. The second-order valence-electron chi connectivity index (χ2n) is 3.39. The van der Waals surface area contributed by atoms with Crippen molar-refractivity contribution in [2.45, 2.75) is 13.3 Å². The summed E-state index contributed by atoms with van der Waals surface area (Å²) in [6.45, 7) is 1.98.